The van der Waals surface area contributed by atoms with Crippen LogP contribution in [0.4, 0.5) is 10.1 Å². The lowest BCUT2D eigenvalue weighted by atomic mass is 10.2. The van der Waals surface area contributed by atoms with E-state index in [9.17, 15) is 9.18 Å². The molecule has 0 saturated heterocycles. The average Bonchev–Trinajstić information content (AvgIpc) is 2.81. The minimum atomic E-state index is -0.565. The molecule has 0 spiro atoms. The molecule has 94 valence electrons. The maximum atomic E-state index is 13.3. The van der Waals surface area contributed by atoms with Crippen molar-refractivity contribution < 1.29 is 9.18 Å². The fourth-order valence-electron chi connectivity index (χ4n) is 1.32. The van der Waals surface area contributed by atoms with Gasteiger partial charge in [-0.05, 0) is 6.07 Å². The summed E-state index contributed by atoms with van der Waals surface area (Å²) in [4.78, 5) is 19.7. The second-order valence-corrected chi connectivity index (χ2v) is 4.93. The van der Waals surface area contributed by atoms with Gasteiger partial charge in [0, 0.05) is 17.5 Å². The molecule has 1 amide bonds. The van der Waals surface area contributed by atoms with Crippen LogP contribution in [-0.4, -0.2) is 15.9 Å². The number of pyridine rings is 1. The molecule has 0 radical (unpaired) electrons. The molecule has 18 heavy (non-hydrogen) atoms. The molecule has 1 N–H and O–H groups in total. The molecule has 0 bridgehead atoms. The normalized spacial score (nSPS) is 10.7. The number of amides is 1. The highest BCUT2D eigenvalue weighted by atomic mass is 32.1. The number of aromatic nitrogens is 2. The molecule has 2 heterocycles. The molecule has 0 aliphatic carbocycles. The first-order chi connectivity index (χ1) is 8.58. The van der Waals surface area contributed by atoms with E-state index in [2.05, 4.69) is 15.3 Å². The molecule has 0 unspecified atom stereocenters. The third-order valence-electron chi connectivity index (χ3n) is 2.27. The van der Waals surface area contributed by atoms with Gasteiger partial charge in [0.15, 0.2) is 5.82 Å². The van der Waals surface area contributed by atoms with Crippen LogP contribution < -0.4 is 5.32 Å². The maximum absolute atomic E-state index is 13.3. The van der Waals surface area contributed by atoms with Crippen molar-refractivity contribution in [3.05, 3.63) is 40.4 Å². The molecule has 0 fully saturated rings. The molecule has 6 heteroatoms. The fourth-order valence-corrected chi connectivity index (χ4v) is 2.14. The summed E-state index contributed by atoms with van der Waals surface area (Å²) in [6, 6.07) is 1.41. The predicted molar refractivity (Wildman–Crippen MR) is 68.4 cm³/mol. The van der Waals surface area contributed by atoms with E-state index in [1.165, 1.54) is 23.6 Å². The molecule has 0 atom stereocenters. The SMILES string of the molecule is CC(C)c1nc(C(=O)Nc2ccncc2F)cs1. The molecule has 0 aliphatic heterocycles. The lowest BCUT2D eigenvalue weighted by Gasteiger charge is -2.03. The van der Waals surface area contributed by atoms with E-state index in [0.717, 1.165) is 11.2 Å². The molecule has 4 nitrogen and oxygen atoms in total. The third-order valence-corrected chi connectivity index (χ3v) is 3.41. The number of hydrogen-bond acceptors (Lipinski definition) is 4. The second kappa shape index (κ2) is 5.22. The van der Waals surface area contributed by atoms with E-state index in [4.69, 9.17) is 0 Å². The van der Waals surface area contributed by atoms with Crippen LogP contribution in [0.2, 0.25) is 0 Å². The summed E-state index contributed by atoms with van der Waals surface area (Å²) >= 11 is 1.42. The van der Waals surface area contributed by atoms with Gasteiger partial charge in [-0.2, -0.15) is 0 Å². The number of carbonyl (C=O) groups excluding carboxylic acids is 1. The minimum absolute atomic E-state index is 0.106. The van der Waals surface area contributed by atoms with Gasteiger partial charge >= 0.3 is 0 Å². The van der Waals surface area contributed by atoms with Crippen molar-refractivity contribution in [2.24, 2.45) is 0 Å². The molecule has 2 rings (SSSR count). The first-order valence-corrected chi connectivity index (χ1v) is 6.32. The van der Waals surface area contributed by atoms with Crippen LogP contribution in [0.3, 0.4) is 0 Å². The van der Waals surface area contributed by atoms with Gasteiger partial charge < -0.3 is 5.32 Å². The van der Waals surface area contributed by atoms with E-state index in [1.54, 1.807) is 5.38 Å². The summed E-state index contributed by atoms with van der Waals surface area (Å²) in [5.41, 5.74) is 0.411. The Morgan fingerprint density at radius 3 is 2.89 bits per heavy atom. The largest absolute Gasteiger partial charge is 0.318 e. The van der Waals surface area contributed by atoms with Crippen molar-refractivity contribution in [2.75, 3.05) is 5.32 Å². The number of anilines is 1. The van der Waals surface area contributed by atoms with Crippen molar-refractivity contribution in [1.82, 2.24) is 9.97 Å². The minimum Gasteiger partial charge on any atom is -0.318 e. The predicted octanol–water partition coefficient (Wildman–Crippen LogP) is 3.05. The number of halogens is 1. The average molecular weight is 265 g/mol. The van der Waals surface area contributed by atoms with Gasteiger partial charge in [-0.15, -0.1) is 11.3 Å². The van der Waals surface area contributed by atoms with Crippen molar-refractivity contribution in [3.8, 4) is 0 Å². The van der Waals surface area contributed by atoms with Crippen LogP contribution in [-0.2, 0) is 0 Å². The van der Waals surface area contributed by atoms with Crippen molar-refractivity contribution in [1.29, 1.82) is 0 Å². The Hall–Kier alpha value is -1.82. The topological polar surface area (TPSA) is 54.9 Å². The summed E-state index contributed by atoms with van der Waals surface area (Å²) in [7, 11) is 0. The van der Waals surface area contributed by atoms with Crippen LogP contribution in [0, 0.1) is 5.82 Å². The van der Waals surface area contributed by atoms with Gasteiger partial charge in [-0.25, -0.2) is 9.37 Å². The Labute approximate surface area is 108 Å². The summed E-state index contributed by atoms with van der Waals surface area (Å²) in [6.07, 6.45) is 2.47. The molecule has 0 aliphatic rings. The van der Waals surface area contributed by atoms with Gasteiger partial charge in [0.05, 0.1) is 16.9 Å². The van der Waals surface area contributed by atoms with E-state index in [0.29, 0.717) is 5.69 Å². The summed E-state index contributed by atoms with van der Waals surface area (Å²) in [6.45, 7) is 4.01. The zero-order valence-electron chi connectivity index (χ0n) is 9.98. The van der Waals surface area contributed by atoms with Crippen LogP contribution in [0.25, 0.3) is 0 Å². The number of rotatable bonds is 3. The second-order valence-electron chi connectivity index (χ2n) is 4.04. The van der Waals surface area contributed by atoms with Crippen LogP contribution in [0.15, 0.2) is 23.8 Å². The Morgan fingerprint density at radius 2 is 2.28 bits per heavy atom. The zero-order chi connectivity index (χ0) is 13.1. The lowest BCUT2D eigenvalue weighted by molar-refractivity contribution is 0.102. The van der Waals surface area contributed by atoms with Crippen LogP contribution in [0.1, 0.15) is 35.3 Å². The third kappa shape index (κ3) is 2.70. The highest BCUT2D eigenvalue weighted by Gasteiger charge is 2.14. The molecular weight excluding hydrogens is 253 g/mol. The monoisotopic (exact) mass is 265 g/mol. The van der Waals surface area contributed by atoms with E-state index in [1.807, 2.05) is 13.8 Å². The molecule has 2 aromatic rings. The Bertz CT molecular complexity index is 568. The summed E-state index contributed by atoms with van der Waals surface area (Å²) in [5, 5.41) is 5.02. The van der Waals surface area contributed by atoms with Crippen molar-refractivity contribution in [3.63, 3.8) is 0 Å². The molecule has 0 saturated carbocycles. The highest BCUT2D eigenvalue weighted by molar-refractivity contribution is 7.09. The number of nitrogens with one attached hydrogen (secondary N) is 1. The first kappa shape index (κ1) is 12.6. The Kier molecular flexibility index (Phi) is 3.66. The summed E-state index contributed by atoms with van der Waals surface area (Å²) in [5.74, 6) is -0.706. The fraction of sp³-hybridized carbons (Fsp3) is 0.250. The number of nitrogens with zero attached hydrogens (tertiary/aromatic N) is 2. The first-order valence-electron chi connectivity index (χ1n) is 5.44. The zero-order valence-corrected chi connectivity index (χ0v) is 10.8. The van der Waals surface area contributed by atoms with Gasteiger partial charge in [-0.1, -0.05) is 13.8 Å². The maximum Gasteiger partial charge on any atom is 0.275 e. The van der Waals surface area contributed by atoms with Crippen LogP contribution >= 0.6 is 11.3 Å². The number of carbonyl (C=O) groups is 1. The lowest BCUT2D eigenvalue weighted by Crippen LogP contribution is -2.13. The smallest absolute Gasteiger partial charge is 0.275 e. The Morgan fingerprint density at radius 1 is 1.50 bits per heavy atom. The van der Waals surface area contributed by atoms with Crippen LogP contribution in [0.5, 0.6) is 0 Å². The van der Waals surface area contributed by atoms with Crippen molar-refractivity contribution >= 4 is 22.9 Å². The van der Waals surface area contributed by atoms with E-state index in [-0.39, 0.29) is 11.6 Å². The Balaban J connectivity index is 2.15. The quantitative estimate of drug-likeness (QED) is 0.928. The molecular formula is C12H12FN3OS. The van der Waals surface area contributed by atoms with Gasteiger partial charge in [0.2, 0.25) is 0 Å². The standard InChI is InChI=1S/C12H12FN3OS/c1-7(2)12-16-10(6-18-12)11(17)15-9-3-4-14-5-8(9)13/h3-7H,1-2H3,(H,14,15,17). The van der Waals surface area contributed by atoms with E-state index >= 15 is 0 Å². The molecule has 2 aromatic heterocycles. The number of hydrogen-bond donors (Lipinski definition) is 1. The van der Waals surface area contributed by atoms with Gasteiger partial charge in [0.1, 0.15) is 5.69 Å². The highest BCUT2D eigenvalue weighted by Crippen LogP contribution is 2.20. The van der Waals surface area contributed by atoms with Gasteiger partial charge in [0.25, 0.3) is 5.91 Å². The summed E-state index contributed by atoms with van der Waals surface area (Å²) < 4.78 is 13.3. The molecule has 0 aromatic carbocycles. The van der Waals surface area contributed by atoms with Crippen molar-refractivity contribution in [2.45, 2.75) is 19.8 Å². The number of thiazole rings is 1. The van der Waals surface area contributed by atoms with Gasteiger partial charge in [-0.3, -0.25) is 9.78 Å². The van der Waals surface area contributed by atoms with E-state index < -0.39 is 11.7 Å².